The molecular formula is C14H24N4O3. The van der Waals surface area contributed by atoms with Crippen molar-refractivity contribution in [1.82, 2.24) is 19.6 Å². The van der Waals surface area contributed by atoms with E-state index in [-0.39, 0.29) is 12.8 Å². The molecule has 0 bridgehead atoms. The maximum Gasteiger partial charge on any atom is 0.160 e. The summed E-state index contributed by atoms with van der Waals surface area (Å²) in [5.41, 5.74) is 0.993. The summed E-state index contributed by atoms with van der Waals surface area (Å²) < 4.78 is 7.05. The number of hydrogen-bond acceptors (Lipinski definition) is 6. The minimum Gasteiger partial charge on any atom is -0.394 e. The summed E-state index contributed by atoms with van der Waals surface area (Å²) in [7, 11) is 0. The van der Waals surface area contributed by atoms with E-state index in [9.17, 15) is 4.79 Å². The van der Waals surface area contributed by atoms with Crippen LogP contribution in [0.25, 0.3) is 0 Å². The molecule has 1 atom stereocenters. The Bertz CT molecular complexity index is 430. The fraction of sp³-hybridized carbons (Fsp3) is 0.714. The summed E-state index contributed by atoms with van der Waals surface area (Å²) in [6.07, 6.45) is 2.37. The predicted molar refractivity (Wildman–Crippen MR) is 78.0 cm³/mol. The summed E-state index contributed by atoms with van der Waals surface area (Å²) in [6, 6.07) is 1.91. The molecule has 0 aliphatic carbocycles. The maximum absolute atomic E-state index is 11.4. The van der Waals surface area contributed by atoms with Gasteiger partial charge in [0.25, 0.3) is 0 Å². The molecule has 1 fully saturated rings. The van der Waals surface area contributed by atoms with E-state index in [2.05, 4.69) is 14.9 Å². The Labute approximate surface area is 125 Å². The molecule has 1 aromatic heterocycles. The van der Waals surface area contributed by atoms with Crippen molar-refractivity contribution in [2.75, 3.05) is 52.5 Å². The number of ether oxygens (including phenoxy) is 1. The lowest BCUT2D eigenvalue weighted by molar-refractivity contribution is -0.117. The van der Waals surface area contributed by atoms with Gasteiger partial charge in [-0.05, 0) is 13.0 Å². The largest absolute Gasteiger partial charge is 0.394 e. The van der Waals surface area contributed by atoms with Gasteiger partial charge in [0.15, 0.2) is 12.5 Å². The minimum atomic E-state index is -0.312. The van der Waals surface area contributed by atoms with Crippen LogP contribution in [0.5, 0.6) is 0 Å². The zero-order chi connectivity index (χ0) is 15.1. The van der Waals surface area contributed by atoms with Crippen molar-refractivity contribution in [1.29, 1.82) is 0 Å². The van der Waals surface area contributed by atoms with Crippen LogP contribution in [0.2, 0.25) is 0 Å². The lowest BCUT2D eigenvalue weighted by Gasteiger charge is -2.37. The highest BCUT2D eigenvalue weighted by Gasteiger charge is 2.25. The summed E-state index contributed by atoms with van der Waals surface area (Å²) in [5, 5.41) is 12.9. The summed E-state index contributed by atoms with van der Waals surface area (Å²) in [6.45, 7) is 7.41. The Morgan fingerprint density at radius 3 is 2.71 bits per heavy atom. The van der Waals surface area contributed by atoms with Crippen LogP contribution < -0.4 is 0 Å². The van der Waals surface area contributed by atoms with Crippen LogP contribution >= 0.6 is 0 Å². The highest BCUT2D eigenvalue weighted by atomic mass is 16.5. The Kier molecular flexibility index (Phi) is 6.31. The van der Waals surface area contributed by atoms with Gasteiger partial charge >= 0.3 is 0 Å². The molecule has 1 aliphatic heterocycles. The zero-order valence-electron chi connectivity index (χ0n) is 12.5. The van der Waals surface area contributed by atoms with E-state index in [4.69, 9.17) is 9.84 Å². The van der Waals surface area contributed by atoms with E-state index < -0.39 is 0 Å². The predicted octanol–water partition coefficient (Wildman–Crippen LogP) is -0.484. The molecule has 0 amide bonds. The quantitative estimate of drug-likeness (QED) is 0.516. The van der Waals surface area contributed by atoms with Gasteiger partial charge in [-0.1, -0.05) is 0 Å². The Balaban J connectivity index is 1.80. The molecule has 1 unspecified atom stereocenters. The van der Waals surface area contributed by atoms with Crippen LogP contribution in [-0.2, 0) is 9.53 Å². The number of aldehydes is 1. The Morgan fingerprint density at radius 2 is 2.14 bits per heavy atom. The molecule has 0 radical (unpaired) electrons. The molecule has 2 rings (SSSR count). The van der Waals surface area contributed by atoms with Crippen LogP contribution in [0, 0.1) is 6.92 Å². The highest BCUT2D eigenvalue weighted by Crippen LogP contribution is 2.15. The van der Waals surface area contributed by atoms with E-state index in [0.29, 0.717) is 13.2 Å². The first kappa shape index (κ1) is 16.1. The highest BCUT2D eigenvalue weighted by molar-refractivity contribution is 5.55. The summed E-state index contributed by atoms with van der Waals surface area (Å²) in [5.74, 6) is 0. The zero-order valence-corrected chi connectivity index (χ0v) is 12.5. The van der Waals surface area contributed by atoms with Gasteiger partial charge in [0.1, 0.15) is 0 Å². The van der Waals surface area contributed by atoms with Crippen molar-refractivity contribution in [3.8, 4) is 0 Å². The van der Waals surface area contributed by atoms with E-state index in [0.717, 1.165) is 44.7 Å². The van der Waals surface area contributed by atoms with Crippen LogP contribution in [-0.4, -0.2) is 83.5 Å². The number of carbonyl (C=O) groups is 1. The van der Waals surface area contributed by atoms with E-state index in [1.54, 1.807) is 10.9 Å². The normalized spacial score (nSPS) is 18.8. The molecule has 1 aromatic rings. The van der Waals surface area contributed by atoms with E-state index in [1.807, 2.05) is 13.0 Å². The smallest absolute Gasteiger partial charge is 0.160 e. The SMILES string of the molecule is Cc1ccnn1C(C=O)N1CCN(CCOCCO)CC1. The standard InChI is InChI=1S/C14H24N4O3/c1-13-2-3-15-18(13)14(12-20)17-6-4-16(5-7-17)8-10-21-11-9-19/h2-3,12,14,19H,4-11H2,1H3. The maximum atomic E-state index is 11.4. The minimum absolute atomic E-state index is 0.0675. The van der Waals surface area contributed by atoms with E-state index in [1.165, 1.54) is 0 Å². The third-order valence-corrected chi connectivity index (χ3v) is 3.81. The second-order valence-electron chi connectivity index (χ2n) is 5.18. The number of carbonyl (C=O) groups excluding carboxylic acids is 1. The number of aromatic nitrogens is 2. The lowest BCUT2D eigenvalue weighted by Crippen LogP contribution is -2.50. The third kappa shape index (κ3) is 4.34. The van der Waals surface area contributed by atoms with Crippen molar-refractivity contribution in [2.45, 2.75) is 13.1 Å². The van der Waals surface area contributed by atoms with Crippen LogP contribution in [0.15, 0.2) is 12.3 Å². The van der Waals surface area contributed by atoms with Crippen LogP contribution in [0.4, 0.5) is 0 Å². The molecule has 0 spiro atoms. The number of aryl methyl sites for hydroxylation is 1. The number of aliphatic hydroxyl groups is 1. The number of piperazine rings is 1. The van der Waals surface area contributed by atoms with Gasteiger partial charge in [-0.25, -0.2) is 4.68 Å². The third-order valence-electron chi connectivity index (χ3n) is 3.81. The molecular weight excluding hydrogens is 272 g/mol. The number of hydrogen-bond donors (Lipinski definition) is 1. The molecule has 0 aromatic carbocycles. The van der Waals surface area contributed by atoms with Crippen LogP contribution in [0.1, 0.15) is 11.9 Å². The second-order valence-corrected chi connectivity index (χ2v) is 5.18. The molecule has 7 nitrogen and oxygen atoms in total. The first-order valence-electron chi connectivity index (χ1n) is 7.36. The molecule has 1 N–H and O–H groups in total. The molecule has 1 aliphatic rings. The van der Waals surface area contributed by atoms with Gasteiger partial charge in [-0.2, -0.15) is 5.10 Å². The lowest BCUT2D eigenvalue weighted by atomic mass is 10.3. The average molecular weight is 296 g/mol. The number of rotatable bonds is 8. The molecule has 7 heteroatoms. The van der Waals surface area contributed by atoms with E-state index >= 15 is 0 Å². The van der Waals surface area contributed by atoms with Gasteiger partial charge in [-0.3, -0.25) is 14.6 Å². The fourth-order valence-corrected chi connectivity index (χ4v) is 2.57. The Hall–Kier alpha value is -1.28. The van der Waals surface area contributed by atoms with Crippen molar-refractivity contribution in [3.63, 3.8) is 0 Å². The topological polar surface area (TPSA) is 70.8 Å². The first-order valence-corrected chi connectivity index (χ1v) is 7.36. The summed E-state index contributed by atoms with van der Waals surface area (Å²) in [4.78, 5) is 15.9. The van der Waals surface area contributed by atoms with Gasteiger partial charge in [0.2, 0.25) is 0 Å². The van der Waals surface area contributed by atoms with Gasteiger partial charge in [-0.15, -0.1) is 0 Å². The number of nitrogens with zero attached hydrogens (tertiary/aromatic N) is 4. The average Bonchev–Trinajstić information content (AvgIpc) is 2.92. The monoisotopic (exact) mass is 296 g/mol. The fourth-order valence-electron chi connectivity index (χ4n) is 2.57. The van der Waals surface area contributed by atoms with Crippen molar-refractivity contribution < 1.29 is 14.6 Å². The van der Waals surface area contributed by atoms with Crippen molar-refractivity contribution in [2.24, 2.45) is 0 Å². The van der Waals surface area contributed by atoms with Crippen LogP contribution in [0.3, 0.4) is 0 Å². The molecule has 0 saturated carbocycles. The van der Waals surface area contributed by atoms with Crippen molar-refractivity contribution >= 4 is 6.29 Å². The van der Waals surface area contributed by atoms with Crippen molar-refractivity contribution in [3.05, 3.63) is 18.0 Å². The van der Waals surface area contributed by atoms with Gasteiger partial charge in [0, 0.05) is 44.6 Å². The molecule has 2 heterocycles. The van der Waals surface area contributed by atoms with Gasteiger partial charge in [0.05, 0.1) is 19.8 Å². The second kappa shape index (κ2) is 8.23. The number of aliphatic hydroxyl groups excluding tert-OH is 1. The molecule has 118 valence electrons. The summed E-state index contributed by atoms with van der Waals surface area (Å²) >= 11 is 0. The molecule has 1 saturated heterocycles. The van der Waals surface area contributed by atoms with Gasteiger partial charge < -0.3 is 9.84 Å². The molecule has 21 heavy (non-hydrogen) atoms. The Morgan fingerprint density at radius 1 is 1.38 bits per heavy atom. The first-order chi connectivity index (χ1) is 10.3.